The largest absolute Gasteiger partial charge is 0.508 e. The molecule has 0 aliphatic carbocycles. The van der Waals surface area contributed by atoms with Crippen molar-refractivity contribution in [3.05, 3.63) is 65.5 Å². The van der Waals surface area contributed by atoms with Crippen molar-refractivity contribution in [3.8, 4) is 5.75 Å². The average Bonchev–Trinajstić information content (AvgIpc) is 2.38. The lowest BCUT2D eigenvalue weighted by atomic mass is 10.1. The first-order valence-corrected chi connectivity index (χ1v) is 5.86. The average molecular weight is 259 g/mol. The van der Waals surface area contributed by atoms with Crippen LogP contribution < -0.4 is 0 Å². The predicted molar refractivity (Wildman–Crippen MR) is 70.3 cm³/mol. The topological polar surface area (TPSA) is 40.5 Å². The van der Waals surface area contributed by atoms with Gasteiger partial charge in [0.15, 0.2) is 0 Å². The van der Waals surface area contributed by atoms with Gasteiger partial charge < -0.3 is 10.0 Å². The van der Waals surface area contributed by atoms with Crippen LogP contribution in [0.3, 0.4) is 0 Å². The van der Waals surface area contributed by atoms with Crippen molar-refractivity contribution in [1.82, 2.24) is 4.90 Å². The Morgan fingerprint density at radius 3 is 2.63 bits per heavy atom. The van der Waals surface area contributed by atoms with Crippen molar-refractivity contribution < 1.29 is 14.3 Å². The van der Waals surface area contributed by atoms with Crippen LogP contribution in [0.5, 0.6) is 5.75 Å². The second-order valence-electron chi connectivity index (χ2n) is 4.31. The van der Waals surface area contributed by atoms with Crippen molar-refractivity contribution in [2.24, 2.45) is 0 Å². The van der Waals surface area contributed by atoms with Crippen molar-refractivity contribution in [2.75, 3.05) is 7.05 Å². The van der Waals surface area contributed by atoms with Crippen molar-refractivity contribution in [1.29, 1.82) is 0 Å². The Kier molecular flexibility index (Phi) is 3.80. The van der Waals surface area contributed by atoms with Gasteiger partial charge in [0.25, 0.3) is 5.91 Å². The third-order valence-electron chi connectivity index (χ3n) is 2.78. The predicted octanol–water partition coefficient (Wildman–Crippen LogP) is 2.80. The molecule has 0 heterocycles. The fraction of sp³-hybridized carbons (Fsp3) is 0.133. The SMILES string of the molecule is CN(Cc1cccc(O)c1)C(=O)c1ccccc1F. The summed E-state index contributed by atoms with van der Waals surface area (Å²) in [5.74, 6) is -0.777. The minimum absolute atomic E-state index is 0.0464. The highest BCUT2D eigenvalue weighted by Crippen LogP contribution is 2.15. The molecule has 3 nitrogen and oxygen atoms in total. The first-order valence-electron chi connectivity index (χ1n) is 5.86. The normalized spacial score (nSPS) is 10.2. The summed E-state index contributed by atoms with van der Waals surface area (Å²) in [4.78, 5) is 13.5. The molecule has 1 N–H and O–H groups in total. The molecule has 2 rings (SSSR count). The van der Waals surface area contributed by atoms with Crippen LogP contribution in [0, 0.1) is 5.82 Å². The highest BCUT2D eigenvalue weighted by Gasteiger charge is 2.15. The van der Waals surface area contributed by atoms with Gasteiger partial charge in [0.1, 0.15) is 11.6 Å². The molecular weight excluding hydrogens is 245 g/mol. The van der Waals surface area contributed by atoms with E-state index in [-0.39, 0.29) is 17.2 Å². The number of hydrogen-bond donors (Lipinski definition) is 1. The van der Waals surface area contributed by atoms with Gasteiger partial charge in [-0.2, -0.15) is 0 Å². The van der Waals surface area contributed by atoms with E-state index in [4.69, 9.17) is 0 Å². The van der Waals surface area contributed by atoms with E-state index in [9.17, 15) is 14.3 Å². The summed E-state index contributed by atoms with van der Waals surface area (Å²) in [7, 11) is 1.60. The highest BCUT2D eigenvalue weighted by atomic mass is 19.1. The van der Waals surface area contributed by atoms with Crippen LogP contribution >= 0.6 is 0 Å². The number of aromatic hydroxyl groups is 1. The van der Waals surface area contributed by atoms with Gasteiger partial charge in [-0.1, -0.05) is 24.3 Å². The van der Waals surface area contributed by atoms with Crippen molar-refractivity contribution >= 4 is 5.91 Å². The summed E-state index contributed by atoms with van der Waals surface area (Å²) in [6.07, 6.45) is 0. The zero-order chi connectivity index (χ0) is 13.8. The maximum absolute atomic E-state index is 13.5. The molecule has 0 bridgehead atoms. The molecular formula is C15H14FNO2. The van der Waals surface area contributed by atoms with Gasteiger partial charge in [0.05, 0.1) is 5.56 Å². The van der Waals surface area contributed by atoms with Gasteiger partial charge in [0, 0.05) is 13.6 Å². The fourth-order valence-electron chi connectivity index (χ4n) is 1.84. The van der Waals surface area contributed by atoms with Crippen molar-refractivity contribution in [3.63, 3.8) is 0 Å². The number of hydrogen-bond acceptors (Lipinski definition) is 2. The Labute approximate surface area is 110 Å². The van der Waals surface area contributed by atoms with E-state index < -0.39 is 5.82 Å². The first-order chi connectivity index (χ1) is 9.08. The van der Waals surface area contributed by atoms with Gasteiger partial charge >= 0.3 is 0 Å². The zero-order valence-corrected chi connectivity index (χ0v) is 10.5. The number of rotatable bonds is 3. The Morgan fingerprint density at radius 1 is 1.21 bits per heavy atom. The molecule has 19 heavy (non-hydrogen) atoms. The molecule has 2 aromatic carbocycles. The second kappa shape index (κ2) is 5.52. The number of benzene rings is 2. The summed E-state index contributed by atoms with van der Waals surface area (Å²) in [5, 5.41) is 9.36. The maximum Gasteiger partial charge on any atom is 0.256 e. The summed E-state index contributed by atoms with van der Waals surface area (Å²) < 4.78 is 13.5. The molecule has 98 valence electrons. The standard InChI is InChI=1S/C15H14FNO2/c1-17(10-11-5-4-6-12(18)9-11)15(19)13-7-2-3-8-14(13)16/h2-9,18H,10H2,1H3. The summed E-state index contributed by atoms with van der Waals surface area (Å²) in [6.45, 7) is 0.307. The molecule has 0 spiro atoms. The van der Waals surface area contributed by atoms with Crippen LogP contribution in [0.25, 0.3) is 0 Å². The van der Waals surface area contributed by atoms with Crippen LogP contribution in [-0.4, -0.2) is 23.0 Å². The third-order valence-corrected chi connectivity index (χ3v) is 2.78. The molecule has 0 aliphatic rings. The molecule has 4 heteroatoms. The third kappa shape index (κ3) is 3.10. The second-order valence-corrected chi connectivity index (χ2v) is 4.31. The molecule has 0 atom stereocenters. The Hall–Kier alpha value is -2.36. The van der Waals surface area contributed by atoms with E-state index >= 15 is 0 Å². The van der Waals surface area contributed by atoms with Crippen LogP contribution in [0.15, 0.2) is 48.5 Å². The van der Waals surface area contributed by atoms with Gasteiger partial charge in [-0.15, -0.1) is 0 Å². The highest BCUT2D eigenvalue weighted by molar-refractivity contribution is 5.94. The Morgan fingerprint density at radius 2 is 1.95 bits per heavy atom. The first kappa shape index (κ1) is 13.1. The van der Waals surface area contributed by atoms with E-state index in [1.54, 1.807) is 43.4 Å². The lowest BCUT2D eigenvalue weighted by Crippen LogP contribution is -2.26. The lowest BCUT2D eigenvalue weighted by Gasteiger charge is -2.17. The monoisotopic (exact) mass is 259 g/mol. The molecule has 0 saturated carbocycles. The number of carbonyl (C=O) groups is 1. The Balaban J connectivity index is 2.14. The number of amides is 1. The van der Waals surface area contributed by atoms with Crippen molar-refractivity contribution in [2.45, 2.75) is 6.54 Å². The van der Waals surface area contributed by atoms with Gasteiger partial charge in [0.2, 0.25) is 0 Å². The van der Waals surface area contributed by atoms with E-state index in [2.05, 4.69) is 0 Å². The fourth-order valence-corrected chi connectivity index (χ4v) is 1.84. The number of halogens is 1. The molecule has 0 fully saturated rings. The van der Waals surface area contributed by atoms with Crippen LogP contribution in [0.4, 0.5) is 4.39 Å². The lowest BCUT2D eigenvalue weighted by molar-refractivity contribution is 0.0780. The number of phenols is 1. The summed E-state index contributed by atoms with van der Waals surface area (Å²) in [5.41, 5.74) is 0.831. The molecule has 0 aliphatic heterocycles. The molecule has 0 unspecified atom stereocenters. The molecule has 1 amide bonds. The Bertz CT molecular complexity index is 598. The molecule has 2 aromatic rings. The summed E-state index contributed by atoms with van der Waals surface area (Å²) in [6, 6.07) is 12.5. The summed E-state index contributed by atoms with van der Waals surface area (Å²) >= 11 is 0. The van der Waals surface area contributed by atoms with E-state index in [1.807, 2.05) is 0 Å². The van der Waals surface area contributed by atoms with E-state index in [1.165, 1.54) is 17.0 Å². The van der Waals surface area contributed by atoms with E-state index in [0.29, 0.717) is 6.54 Å². The van der Waals surface area contributed by atoms with Gasteiger partial charge in [-0.3, -0.25) is 4.79 Å². The van der Waals surface area contributed by atoms with Crippen LogP contribution in [0.2, 0.25) is 0 Å². The maximum atomic E-state index is 13.5. The van der Waals surface area contributed by atoms with Gasteiger partial charge in [-0.25, -0.2) is 4.39 Å². The number of phenolic OH excluding ortho intramolecular Hbond substituents is 1. The zero-order valence-electron chi connectivity index (χ0n) is 10.5. The molecule has 0 saturated heterocycles. The quantitative estimate of drug-likeness (QED) is 0.920. The molecule has 0 radical (unpaired) electrons. The van der Waals surface area contributed by atoms with Crippen LogP contribution in [0.1, 0.15) is 15.9 Å². The minimum Gasteiger partial charge on any atom is -0.508 e. The van der Waals surface area contributed by atoms with Gasteiger partial charge in [-0.05, 0) is 29.8 Å². The minimum atomic E-state index is -0.532. The molecule has 0 aromatic heterocycles. The van der Waals surface area contributed by atoms with Crippen LogP contribution in [-0.2, 0) is 6.54 Å². The number of carbonyl (C=O) groups excluding carboxylic acids is 1. The van der Waals surface area contributed by atoms with E-state index in [0.717, 1.165) is 5.56 Å². The smallest absolute Gasteiger partial charge is 0.256 e. The number of nitrogens with zero attached hydrogens (tertiary/aromatic N) is 1.